The SMILES string of the molecule is CCC(CC)C(=O)Nc1ccc(N2CCN(C(C(=O)N(CC)CC)c3cc(F)ccc3Br)CC2)c(F)c1. The lowest BCUT2D eigenvalue weighted by Crippen LogP contribution is -2.52. The van der Waals surface area contributed by atoms with E-state index in [1.165, 1.54) is 18.2 Å². The van der Waals surface area contributed by atoms with Crippen LogP contribution in [0.2, 0.25) is 0 Å². The van der Waals surface area contributed by atoms with E-state index in [1.807, 2.05) is 37.5 Å². The number of carbonyl (C=O) groups is 2. The maximum absolute atomic E-state index is 15.1. The molecule has 6 nitrogen and oxygen atoms in total. The number of hydrogen-bond donors (Lipinski definition) is 1. The Morgan fingerprint density at radius 3 is 2.19 bits per heavy atom. The molecule has 1 aliphatic heterocycles. The summed E-state index contributed by atoms with van der Waals surface area (Å²) in [7, 11) is 0. The summed E-state index contributed by atoms with van der Waals surface area (Å²) in [5, 5.41) is 2.82. The highest BCUT2D eigenvalue weighted by molar-refractivity contribution is 9.10. The van der Waals surface area contributed by atoms with Gasteiger partial charge in [-0.3, -0.25) is 14.5 Å². The van der Waals surface area contributed by atoms with Crippen LogP contribution in [0.1, 0.15) is 52.1 Å². The summed E-state index contributed by atoms with van der Waals surface area (Å²) in [6.07, 6.45) is 1.47. The van der Waals surface area contributed by atoms with Gasteiger partial charge in [0.1, 0.15) is 17.7 Å². The van der Waals surface area contributed by atoms with Gasteiger partial charge in [0.2, 0.25) is 11.8 Å². The van der Waals surface area contributed by atoms with Gasteiger partial charge in [-0.1, -0.05) is 29.8 Å². The predicted molar refractivity (Wildman–Crippen MR) is 148 cm³/mol. The molecule has 1 heterocycles. The van der Waals surface area contributed by atoms with Crippen LogP contribution in [-0.4, -0.2) is 60.9 Å². The van der Waals surface area contributed by atoms with Crippen LogP contribution < -0.4 is 10.2 Å². The lowest BCUT2D eigenvalue weighted by Gasteiger charge is -2.41. The Hall–Kier alpha value is -2.52. The number of carbonyl (C=O) groups excluding carboxylic acids is 2. The normalized spacial score (nSPS) is 15.1. The van der Waals surface area contributed by atoms with Gasteiger partial charge in [0.05, 0.1) is 5.69 Å². The Balaban J connectivity index is 1.76. The lowest BCUT2D eigenvalue weighted by atomic mass is 10.0. The van der Waals surface area contributed by atoms with Gasteiger partial charge in [-0.25, -0.2) is 8.78 Å². The quantitative estimate of drug-likeness (QED) is 0.385. The van der Waals surface area contributed by atoms with E-state index in [-0.39, 0.29) is 17.7 Å². The molecular weight excluding hydrogens is 542 g/mol. The zero-order valence-electron chi connectivity index (χ0n) is 22.1. The van der Waals surface area contributed by atoms with Crippen LogP contribution in [0.4, 0.5) is 20.2 Å². The fourth-order valence-corrected chi connectivity index (χ4v) is 5.35. The van der Waals surface area contributed by atoms with Crippen molar-refractivity contribution in [1.29, 1.82) is 0 Å². The number of rotatable bonds is 10. The van der Waals surface area contributed by atoms with E-state index in [0.717, 1.165) is 12.8 Å². The third-order valence-corrected chi connectivity index (χ3v) is 7.88. The van der Waals surface area contributed by atoms with Crippen molar-refractivity contribution in [3.63, 3.8) is 0 Å². The smallest absolute Gasteiger partial charge is 0.244 e. The average Bonchev–Trinajstić information content (AvgIpc) is 2.88. The maximum Gasteiger partial charge on any atom is 0.244 e. The number of amides is 2. The van der Waals surface area contributed by atoms with Crippen molar-refractivity contribution in [1.82, 2.24) is 9.80 Å². The Morgan fingerprint density at radius 2 is 1.62 bits per heavy atom. The molecule has 2 aromatic rings. The molecule has 37 heavy (non-hydrogen) atoms. The maximum atomic E-state index is 15.1. The van der Waals surface area contributed by atoms with Gasteiger partial charge in [-0.05, 0) is 68.7 Å². The van der Waals surface area contributed by atoms with Crippen LogP contribution in [-0.2, 0) is 9.59 Å². The number of piperazine rings is 1. The molecule has 1 N–H and O–H groups in total. The molecule has 202 valence electrons. The van der Waals surface area contributed by atoms with Crippen LogP contribution in [0.5, 0.6) is 0 Å². The highest BCUT2D eigenvalue weighted by Gasteiger charge is 2.34. The molecule has 1 saturated heterocycles. The largest absolute Gasteiger partial charge is 0.367 e. The van der Waals surface area contributed by atoms with E-state index in [9.17, 15) is 14.0 Å². The fourth-order valence-electron chi connectivity index (χ4n) is 4.88. The highest BCUT2D eigenvalue weighted by Crippen LogP contribution is 2.33. The zero-order chi connectivity index (χ0) is 27.1. The number of hydrogen-bond acceptors (Lipinski definition) is 4. The molecule has 3 rings (SSSR count). The average molecular weight is 580 g/mol. The summed E-state index contributed by atoms with van der Waals surface area (Å²) in [4.78, 5) is 31.6. The van der Waals surface area contributed by atoms with Gasteiger partial charge in [0.15, 0.2) is 0 Å². The predicted octanol–water partition coefficient (Wildman–Crippen LogP) is 5.83. The first-order valence-corrected chi connectivity index (χ1v) is 13.9. The Bertz CT molecular complexity index is 1080. The minimum atomic E-state index is -0.639. The van der Waals surface area contributed by atoms with Gasteiger partial charge in [0, 0.05) is 55.3 Å². The molecule has 0 bridgehead atoms. The third-order valence-electron chi connectivity index (χ3n) is 7.15. The zero-order valence-corrected chi connectivity index (χ0v) is 23.7. The van der Waals surface area contributed by atoms with E-state index < -0.39 is 17.7 Å². The first kappa shape index (κ1) is 29.0. The monoisotopic (exact) mass is 578 g/mol. The molecule has 0 saturated carbocycles. The number of nitrogens with one attached hydrogen (secondary N) is 1. The number of likely N-dealkylation sites (N-methyl/N-ethyl adjacent to an activating group) is 1. The number of benzene rings is 2. The van der Waals surface area contributed by atoms with Gasteiger partial charge < -0.3 is 15.1 Å². The van der Waals surface area contributed by atoms with E-state index in [1.54, 1.807) is 23.1 Å². The van der Waals surface area contributed by atoms with Crippen molar-refractivity contribution in [2.75, 3.05) is 49.5 Å². The summed E-state index contributed by atoms with van der Waals surface area (Å²) in [5.74, 6) is -1.07. The summed E-state index contributed by atoms with van der Waals surface area (Å²) in [5.41, 5.74) is 1.49. The molecule has 1 atom stereocenters. The van der Waals surface area contributed by atoms with E-state index >= 15 is 4.39 Å². The van der Waals surface area contributed by atoms with Crippen LogP contribution in [0.25, 0.3) is 0 Å². The van der Waals surface area contributed by atoms with Crippen molar-refractivity contribution in [2.24, 2.45) is 5.92 Å². The molecule has 2 aromatic carbocycles. The van der Waals surface area contributed by atoms with Crippen LogP contribution >= 0.6 is 15.9 Å². The van der Waals surface area contributed by atoms with E-state index in [0.29, 0.717) is 60.7 Å². The van der Waals surface area contributed by atoms with Gasteiger partial charge in [0.25, 0.3) is 0 Å². The van der Waals surface area contributed by atoms with E-state index in [4.69, 9.17) is 0 Å². The number of nitrogens with zero attached hydrogens (tertiary/aromatic N) is 3. The molecule has 0 aliphatic carbocycles. The van der Waals surface area contributed by atoms with E-state index in [2.05, 4.69) is 21.2 Å². The number of anilines is 2. The molecule has 2 amide bonds. The first-order valence-electron chi connectivity index (χ1n) is 13.1. The minimum Gasteiger partial charge on any atom is -0.367 e. The Kier molecular flexibility index (Phi) is 10.5. The van der Waals surface area contributed by atoms with Crippen LogP contribution in [0.3, 0.4) is 0 Å². The topological polar surface area (TPSA) is 55.9 Å². The molecule has 0 radical (unpaired) electrons. The van der Waals surface area contributed by atoms with Gasteiger partial charge in [-0.15, -0.1) is 0 Å². The lowest BCUT2D eigenvalue weighted by molar-refractivity contribution is -0.137. The minimum absolute atomic E-state index is 0.0755. The molecule has 9 heteroatoms. The van der Waals surface area contributed by atoms with Crippen LogP contribution in [0, 0.1) is 17.6 Å². The first-order chi connectivity index (χ1) is 17.7. The summed E-state index contributed by atoms with van der Waals surface area (Å²) in [6, 6.07) is 8.54. The Labute approximate surface area is 227 Å². The van der Waals surface area contributed by atoms with Crippen LogP contribution in [0.15, 0.2) is 40.9 Å². The van der Waals surface area contributed by atoms with Crippen molar-refractivity contribution in [3.8, 4) is 0 Å². The second-order valence-corrected chi connectivity index (χ2v) is 10.1. The highest BCUT2D eigenvalue weighted by atomic mass is 79.9. The molecule has 1 aliphatic rings. The molecule has 1 unspecified atom stereocenters. The van der Waals surface area contributed by atoms with Gasteiger partial charge in [-0.2, -0.15) is 0 Å². The fraction of sp³-hybridized carbons (Fsp3) is 0.500. The second-order valence-electron chi connectivity index (χ2n) is 9.27. The van der Waals surface area contributed by atoms with Gasteiger partial charge >= 0.3 is 0 Å². The standard InChI is InChI=1S/C28H37BrF2N4O2/c1-5-19(6-2)27(36)32-21-10-12-25(24(31)18-21)34-13-15-35(16-14-34)26(28(37)33(7-3)8-4)22-17-20(30)9-11-23(22)29/h9-12,17-19,26H,5-8,13-16H2,1-4H3,(H,32,36). The summed E-state index contributed by atoms with van der Waals surface area (Å²) in [6.45, 7) is 10.9. The molecule has 0 spiro atoms. The number of halogens is 3. The molecule has 1 fully saturated rings. The molecular formula is C28H37BrF2N4O2. The molecule has 0 aromatic heterocycles. The van der Waals surface area contributed by atoms with Crippen molar-refractivity contribution >= 4 is 39.1 Å². The Morgan fingerprint density at radius 1 is 0.973 bits per heavy atom. The second kappa shape index (κ2) is 13.3. The van der Waals surface area contributed by atoms with Crippen molar-refractivity contribution in [3.05, 3.63) is 58.1 Å². The van der Waals surface area contributed by atoms with Crippen molar-refractivity contribution < 1.29 is 18.4 Å². The third kappa shape index (κ3) is 6.87. The summed E-state index contributed by atoms with van der Waals surface area (Å²) >= 11 is 3.50. The van der Waals surface area contributed by atoms with Crippen molar-refractivity contribution in [2.45, 2.75) is 46.6 Å². The summed E-state index contributed by atoms with van der Waals surface area (Å²) < 4.78 is 29.9.